The van der Waals surface area contributed by atoms with Crippen molar-refractivity contribution in [1.29, 1.82) is 0 Å². The Morgan fingerprint density at radius 2 is 2.12 bits per heavy atom. The molecule has 7 heteroatoms. The van der Waals surface area contributed by atoms with E-state index in [9.17, 15) is 9.90 Å². The zero-order valence-electron chi connectivity index (χ0n) is 13.8. The maximum absolute atomic E-state index is 12.7. The van der Waals surface area contributed by atoms with Gasteiger partial charge >= 0.3 is 0 Å². The lowest BCUT2D eigenvalue weighted by Gasteiger charge is -2.27. The van der Waals surface area contributed by atoms with Gasteiger partial charge in [-0.15, -0.1) is 11.3 Å². The number of anilines is 1. The van der Waals surface area contributed by atoms with Crippen LogP contribution in [0.3, 0.4) is 0 Å². The molecule has 0 bridgehead atoms. The molecule has 2 aliphatic rings. The zero-order valence-corrected chi connectivity index (χ0v) is 16.8. The van der Waals surface area contributed by atoms with E-state index >= 15 is 0 Å². The van der Waals surface area contributed by atoms with Crippen LogP contribution >= 0.6 is 33.9 Å². The Kier molecular flexibility index (Phi) is 4.53. The molecule has 3 N–H and O–H groups in total. The van der Waals surface area contributed by atoms with Crippen molar-refractivity contribution in [3.05, 3.63) is 37.3 Å². The van der Waals surface area contributed by atoms with Gasteiger partial charge in [0.15, 0.2) is 11.5 Å². The molecule has 1 amide bonds. The van der Waals surface area contributed by atoms with E-state index in [0.717, 1.165) is 35.4 Å². The minimum Gasteiger partial charge on any atom is -0.504 e. The lowest BCUT2D eigenvalue weighted by Crippen LogP contribution is -2.38. The second-order valence-corrected chi connectivity index (χ2v) is 8.52. The predicted molar refractivity (Wildman–Crippen MR) is 107 cm³/mol. The lowest BCUT2D eigenvalue weighted by atomic mass is 9.94. The number of phenols is 1. The van der Waals surface area contributed by atoms with Gasteiger partial charge in [-0.1, -0.05) is 0 Å². The number of rotatable bonds is 3. The van der Waals surface area contributed by atoms with Crippen molar-refractivity contribution in [2.75, 3.05) is 11.9 Å². The monoisotopic (exact) mass is 470 g/mol. The first-order valence-electron chi connectivity index (χ1n) is 8.45. The molecule has 1 atom stereocenters. The average Bonchev–Trinajstić information content (AvgIpc) is 2.97. The normalized spacial score (nSPS) is 18.8. The van der Waals surface area contributed by atoms with E-state index in [0.29, 0.717) is 15.9 Å². The fourth-order valence-corrected chi connectivity index (χ4v) is 5.41. The van der Waals surface area contributed by atoms with Gasteiger partial charge in [-0.05, 0) is 78.5 Å². The molecule has 132 valence electrons. The average molecular weight is 470 g/mol. The predicted octanol–water partition coefficient (Wildman–Crippen LogP) is 4.19. The summed E-state index contributed by atoms with van der Waals surface area (Å²) in [7, 11) is 0. The SMILES string of the molecule is CCOc1cc(C2NC(=O)c3c(sc4c3CCCC4)N2)cc(I)c1O. The first-order chi connectivity index (χ1) is 12.1. The second kappa shape index (κ2) is 6.68. The highest BCUT2D eigenvalue weighted by Gasteiger charge is 2.32. The van der Waals surface area contributed by atoms with E-state index in [1.165, 1.54) is 16.9 Å². The molecule has 0 saturated heterocycles. The van der Waals surface area contributed by atoms with Crippen molar-refractivity contribution in [2.24, 2.45) is 0 Å². The molecule has 2 aromatic rings. The van der Waals surface area contributed by atoms with Gasteiger partial charge in [0, 0.05) is 4.88 Å². The zero-order chi connectivity index (χ0) is 17.6. The van der Waals surface area contributed by atoms with Crippen LogP contribution in [0.4, 0.5) is 5.00 Å². The number of fused-ring (bicyclic) bond motifs is 3. The second-order valence-electron chi connectivity index (χ2n) is 6.25. The Bertz CT molecular complexity index is 849. The Balaban J connectivity index is 1.70. The largest absolute Gasteiger partial charge is 0.504 e. The van der Waals surface area contributed by atoms with Crippen molar-refractivity contribution in [1.82, 2.24) is 5.32 Å². The summed E-state index contributed by atoms with van der Waals surface area (Å²) < 4.78 is 6.22. The maximum atomic E-state index is 12.7. The number of hydrogen-bond donors (Lipinski definition) is 3. The number of carbonyl (C=O) groups is 1. The number of phenolic OH excluding ortho intramolecular Hbond substituents is 1. The number of amides is 1. The molecule has 0 radical (unpaired) electrons. The Labute approximate surface area is 163 Å². The third-order valence-electron chi connectivity index (χ3n) is 4.63. The van der Waals surface area contributed by atoms with Crippen LogP contribution in [0.25, 0.3) is 0 Å². The topological polar surface area (TPSA) is 70.6 Å². The van der Waals surface area contributed by atoms with Crippen molar-refractivity contribution in [3.8, 4) is 11.5 Å². The first kappa shape index (κ1) is 17.0. The summed E-state index contributed by atoms with van der Waals surface area (Å²) in [5.74, 6) is 0.566. The van der Waals surface area contributed by atoms with Crippen LogP contribution in [-0.2, 0) is 12.8 Å². The molecule has 25 heavy (non-hydrogen) atoms. The summed E-state index contributed by atoms with van der Waals surface area (Å²) in [6.07, 6.45) is 4.09. The van der Waals surface area contributed by atoms with Crippen molar-refractivity contribution < 1.29 is 14.6 Å². The number of thiophene rings is 1. The van der Waals surface area contributed by atoms with Crippen LogP contribution in [-0.4, -0.2) is 17.6 Å². The van der Waals surface area contributed by atoms with Crippen LogP contribution in [0.1, 0.15) is 52.3 Å². The van der Waals surface area contributed by atoms with E-state index in [1.807, 2.05) is 13.0 Å². The van der Waals surface area contributed by atoms with Gasteiger partial charge in [-0.25, -0.2) is 0 Å². The highest BCUT2D eigenvalue weighted by atomic mass is 127. The van der Waals surface area contributed by atoms with Gasteiger partial charge in [0.2, 0.25) is 0 Å². The van der Waals surface area contributed by atoms with Gasteiger partial charge < -0.3 is 20.5 Å². The number of benzene rings is 1. The molecule has 2 heterocycles. The molecule has 4 rings (SSSR count). The summed E-state index contributed by atoms with van der Waals surface area (Å²) >= 11 is 3.79. The van der Waals surface area contributed by atoms with E-state index in [1.54, 1.807) is 17.4 Å². The van der Waals surface area contributed by atoms with Crippen LogP contribution < -0.4 is 15.4 Å². The molecule has 1 aliphatic heterocycles. The molecule has 0 spiro atoms. The molecule has 1 aliphatic carbocycles. The highest BCUT2D eigenvalue weighted by Crippen LogP contribution is 2.42. The molecular formula is C18H19IN2O3S. The van der Waals surface area contributed by atoms with Gasteiger partial charge in [0.25, 0.3) is 5.91 Å². The van der Waals surface area contributed by atoms with Crippen LogP contribution in [0, 0.1) is 3.57 Å². The molecule has 1 aromatic heterocycles. The number of aromatic hydroxyl groups is 1. The Morgan fingerprint density at radius 3 is 2.92 bits per heavy atom. The molecule has 0 saturated carbocycles. The summed E-state index contributed by atoms with van der Waals surface area (Å²) in [6.45, 7) is 2.35. The summed E-state index contributed by atoms with van der Waals surface area (Å²) in [6, 6.07) is 3.66. The third kappa shape index (κ3) is 2.97. The van der Waals surface area contributed by atoms with Gasteiger partial charge in [0.05, 0.1) is 15.7 Å². The number of nitrogens with one attached hydrogen (secondary N) is 2. The van der Waals surface area contributed by atoms with E-state index in [2.05, 4.69) is 33.2 Å². The summed E-state index contributed by atoms with van der Waals surface area (Å²) in [4.78, 5) is 14.1. The van der Waals surface area contributed by atoms with E-state index in [-0.39, 0.29) is 17.8 Å². The van der Waals surface area contributed by atoms with Crippen molar-refractivity contribution in [3.63, 3.8) is 0 Å². The van der Waals surface area contributed by atoms with Gasteiger partial charge in [-0.2, -0.15) is 0 Å². The Hall–Kier alpha value is -1.48. The highest BCUT2D eigenvalue weighted by molar-refractivity contribution is 14.1. The maximum Gasteiger partial charge on any atom is 0.256 e. The van der Waals surface area contributed by atoms with Crippen LogP contribution in [0.2, 0.25) is 0 Å². The minimum absolute atomic E-state index is 0.0146. The van der Waals surface area contributed by atoms with Crippen molar-refractivity contribution >= 4 is 44.8 Å². The summed E-state index contributed by atoms with van der Waals surface area (Å²) in [5, 5.41) is 17.6. The fourth-order valence-electron chi connectivity index (χ4n) is 3.47. The molecule has 1 aromatic carbocycles. The number of carbonyl (C=O) groups excluding carboxylic acids is 1. The molecular weight excluding hydrogens is 451 g/mol. The molecule has 1 unspecified atom stereocenters. The van der Waals surface area contributed by atoms with Crippen LogP contribution in [0.15, 0.2) is 12.1 Å². The van der Waals surface area contributed by atoms with E-state index in [4.69, 9.17) is 4.74 Å². The molecule has 5 nitrogen and oxygen atoms in total. The first-order valence-corrected chi connectivity index (χ1v) is 10.3. The fraction of sp³-hybridized carbons (Fsp3) is 0.389. The van der Waals surface area contributed by atoms with Crippen LogP contribution in [0.5, 0.6) is 11.5 Å². The van der Waals surface area contributed by atoms with Gasteiger partial charge in [0.1, 0.15) is 11.2 Å². The number of halogens is 1. The minimum atomic E-state index is -0.326. The summed E-state index contributed by atoms with van der Waals surface area (Å²) in [5.41, 5.74) is 2.93. The number of aryl methyl sites for hydroxylation is 1. The number of hydrogen-bond acceptors (Lipinski definition) is 5. The lowest BCUT2D eigenvalue weighted by molar-refractivity contribution is 0.0935. The smallest absolute Gasteiger partial charge is 0.256 e. The standard InChI is InChI=1S/C18H19IN2O3S/c1-2-24-12-8-9(7-11(19)15(12)22)16-20-17(23)14-10-5-3-4-6-13(10)25-18(14)21-16/h7-8,16,21-22H,2-6H2,1H3,(H,20,23). The van der Waals surface area contributed by atoms with Crippen molar-refractivity contribution in [2.45, 2.75) is 38.8 Å². The van der Waals surface area contributed by atoms with Gasteiger partial charge in [-0.3, -0.25) is 4.79 Å². The third-order valence-corrected chi connectivity index (χ3v) is 6.68. The Morgan fingerprint density at radius 1 is 1.32 bits per heavy atom. The quantitative estimate of drug-likeness (QED) is 0.589. The molecule has 0 fully saturated rings. The van der Waals surface area contributed by atoms with E-state index < -0.39 is 0 Å². The number of ether oxygens (including phenoxy) is 1.